The van der Waals surface area contributed by atoms with E-state index in [1.54, 1.807) is 6.07 Å². The van der Waals surface area contributed by atoms with E-state index in [-0.39, 0.29) is 6.04 Å². The van der Waals surface area contributed by atoms with Gasteiger partial charge in [-0.1, -0.05) is 11.6 Å². The van der Waals surface area contributed by atoms with Crippen molar-refractivity contribution in [3.05, 3.63) is 28.3 Å². The van der Waals surface area contributed by atoms with Crippen LogP contribution in [0.5, 0.6) is 5.75 Å². The number of phenolic OH excluding ortho intramolecular Hbond substituents is 1. The summed E-state index contributed by atoms with van der Waals surface area (Å²) in [4.78, 5) is 2.24. The predicted octanol–water partition coefficient (Wildman–Crippen LogP) is 2.31. The molecule has 1 aliphatic heterocycles. The van der Waals surface area contributed by atoms with Crippen LogP contribution in [0.15, 0.2) is 12.1 Å². The number of halogens is 1. The molecule has 94 valence electrons. The lowest BCUT2D eigenvalue weighted by atomic mass is 9.97. The number of phenols is 1. The van der Waals surface area contributed by atoms with Gasteiger partial charge in [-0.05, 0) is 50.6 Å². The van der Waals surface area contributed by atoms with Crippen molar-refractivity contribution >= 4 is 11.6 Å². The summed E-state index contributed by atoms with van der Waals surface area (Å²) in [6.07, 6.45) is 0.986. The van der Waals surface area contributed by atoms with Crippen LogP contribution >= 0.6 is 11.6 Å². The number of aromatic hydroxyl groups is 1. The number of hydrogen-bond donors (Lipinski definition) is 2. The van der Waals surface area contributed by atoms with Gasteiger partial charge >= 0.3 is 0 Å². The van der Waals surface area contributed by atoms with Crippen molar-refractivity contribution in [2.24, 2.45) is 11.7 Å². The Labute approximate surface area is 107 Å². The molecule has 0 saturated carbocycles. The summed E-state index contributed by atoms with van der Waals surface area (Å²) in [5, 5.41) is 10.8. The minimum atomic E-state index is 0.223. The van der Waals surface area contributed by atoms with Gasteiger partial charge in [0.25, 0.3) is 0 Å². The number of benzene rings is 1. The maximum absolute atomic E-state index is 10.1. The lowest BCUT2D eigenvalue weighted by Gasteiger charge is -2.21. The number of nitrogens with two attached hydrogens (primary N) is 1. The molecule has 1 aromatic carbocycles. The first-order valence-corrected chi connectivity index (χ1v) is 6.30. The van der Waals surface area contributed by atoms with E-state index in [1.807, 2.05) is 13.0 Å². The van der Waals surface area contributed by atoms with Gasteiger partial charge in [0.1, 0.15) is 5.75 Å². The van der Waals surface area contributed by atoms with Gasteiger partial charge in [0.15, 0.2) is 0 Å². The molecule has 0 amide bonds. The Morgan fingerprint density at radius 3 is 2.82 bits per heavy atom. The quantitative estimate of drug-likeness (QED) is 0.852. The molecule has 4 heteroatoms. The summed E-state index contributed by atoms with van der Waals surface area (Å²) in [5.74, 6) is 0.868. The van der Waals surface area contributed by atoms with Crippen LogP contribution in [-0.4, -0.2) is 30.1 Å². The van der Waals surface area contributed by atoms with Crippen LogP contribution < -0.4 is 5.73 Å². The third-order valence-electron chi connectivity index (χ3n) is 3.62. The van der Waals surface area contributed by atoms with E-state index in [0.29, 0.717) is 23.2 Å². The topological polar surface area (TPSA) is 49.5 Å². The maximum Gasteiger partial charge on any atom is 0.123 e. The van der Waals surface area contributed by atoms with Crippen LogP contribution in [0.2, 0.25) is 5.02 Å². The third-order valence-corrected chi connectivity index (χ3v) is 3.84. The van der Waals surface area contributed by atoms with E-state index in [1.165, 1.54) is 0 Å². The maximum atomic E-state index is 10.1. The van der Waals surface area contributed by atoms with Crippen LogP contribution in [0.25, 0.3) is 0 Å². The standard InChI is InChI=1S/C13H19ClN2O/c1-8-3-10(14)5-11(13(8)17)12-4-9(6-15)7-16(12)2/h3,5,9,12,17H,4,6-7,15H2,1-2H3. The zero-order valence-electron chi connectivity index (χ0n) is 10.3. The Bertz CT molecular complexity index is 422. The molecule has 0 aromatic heterocycles. The van der Waals surface area contributed by atoms with Crippen LogP contribution in [0.1, 0.15) is 23.6 Å². The molecule has 3 N–H and O–H groups in total. The van der Waals surface area contributed by atoms with E-state index in [2.05, 4.69) is 11.9 Å². The second-order valence-electron chi connectivity index (χ2n) is 4.95. The predicted molar refractivity (Wildman–Crippen MR) is 70.4 cm³/mol. The Morgan fingerprint density at radius 2 is 2.24 bits per heavy atom. The van der Waals surface area contributed by atoms with Crippen LogP contribution in [0.4, 0.5) is 0 Å². The van der Waals surface area contributed by atoms with Crippen LogP contribution in [0, 0.1) is 12.8 Å². The second kappa shape index (κ2) is 4.84. The molecule has 1 aliphatic rings. The molecule has 1 aromatic rings. The normalized spacial score (nSPS) is 25.4. The third kappa shape index (κ3) is 2.41. The highest BCUT2D eigenvalue weighted by Crippen LogP contribution is 2.40. The van der Waals surface area contributed by atoms with Crippen molar-refractivity contribution in [2.45, 2.75) is 19.4 Å². The summed E-state index contributed by atoms with van der Waals surface area (Å²) >= 11 is 6.06. The summed E-state index contributed by atoms with van der Waals surface area (Å²) in [7, 11) is 2.07. The van der Waals surface area contributed by atoms with E-state index >= 15 is 0 Å². The summed E-state index contributed by atoms with van der Waals surface area (Å²) in [5.41, 5.74) is 7.47. The molecule has 0 aliphatic carbocycles. The Morgan fingerprint density at radius 1 is 1.53 bits per heavy atom. The Kier molecular flexibility index (Phi) is 3.61. The molecule has 17 heavy (non-hydrogen) atoms. The van der Waals surface area contributed by atoms with Gasteiger partial charge in [-0.25, -0.2) is 0 Å². The Balaban J connectivity index is 2.34. The fourth-order valence-corrected chi connectivity index (χ4v) is 2.94. The Hall–Kier alpha value is -0.770. The highest BCUT2D eigenvalue weighted by molar-refractivity contribution is 6.30. The second-order valence-corrected chi connectivity index (χ2v) is 5.39. The first-order valence-electron chi connectivity index (χ1n) is 5.92. The van der Waals surface area contributed by atoms with Crippen molar-refractivity contribution in [3.8, 4) is 5.75 Å². The van der Waals surface area contributed by atoms with Gasteiger partial charge in [0.05, 0.1) is 0 Å². The van der Waals surface area contributed by atoms with Crippen molar-refractivity contribution in [1.29, 1.82) is 0 Å². The van der Waals surface area contributed by atoms with Crippen molar-refractivity contribution in [3.63, 3.8) is 0 Å². The molecule has 2 unspecified atom stereocenters. The zero-order valence-corrected chi connectivity index (χ0v) is 11.0. The van der Waals surface area contributed by atoms with Crippen LogP contribution in [-0.2, 0) is 0 Å². The minimum Gasteiger partial charge on any atom is -0.507 e. The average Bonchev–Trinajstić information content (AvgIpc) is 2.65. The fraction of sp³-hybridized carbons (Fsp3) is 0.538. The molecule has 0 spiro atoms. The number of aryl methyl sites for hydroxylation is 1. The summed E-state index contributed by atoms with van der Waals surface area (Å²) < 4.78 is 0. The van der Waals surface area contributed by atoms with Crippen molar-refractivity contribution in [1.82, 2.24) is 4.90 Å². The first-order chi connectivity index (χ1) is 8.02. The van der Waals surface area contributed by atoms with Crippen LogP contribution in [0.3, 0.4) is 0 Å². The molecule has 1 saturated heterocycles. The van der Waals surface area contributed by atoms with Gasteiger partial charge in [-0.2, -0.15) is 0 Å². The first kappa shape index (κ1) is 12.7. The molecule has 0 radical (unpaired) electrons. The average molecular weight is 255 g/mol. The molecule has 1 fully saturated rings. The van der Waals surface area contributed by atoms with Gasteiger partial charge in [-0.3, -0.25) is 4.90 Å². The number of nitrogens with zero attached hydrogens (tertiary/aromatic N) is 1. The molecular formula is C13H19ClN2O. The largest absolute Gasteiger partial charge is 0.507 e. The number of hydrogen-bond acceptors (Lipinski definition) is 3. The van der Waals surface area contributed by atoms with E-state index in [4.69, 9.17) is 17.3 Å². The van der Waals surface area contributed by atoms with Gasteiger partial charge in [-0.15, -0.1) is 0 Å². The minimum absolute atomic E-state index is 0.223. The van der Waals surface area contributed by atoms with Crippen molar-refractivity contribution in [2.75, 3.05) is 20.1 Å². The van der Waals surface area contributed by atoms with E-state index < -0.39 is 0 Å². The molecular weight excluding hydrogens is 236 g/mol. The van der Waals surface area contributed by atoms with E-state index in [9.17, 15) is 5.11 Å². The lowest BCUT2D eigenvalue weighted by Crippen LogP contribution is -2.20. The van der Waals surface area contributed by atoms with Gasteiger partial charge in [0, 0.05) is 23.2 Å². The smallest absolute Gasteiger partial charge is 0.123 e. The van der Waals surface area contributed by atoms with Gasteiger partial charge in [0.2, 0.25) is 0 Å². The molecule has 2 atom stereocenters. The van der Waals surface area contributed by atoms with E-state index in [0.717, 1.165) is 24.1 Å². The monoisotopic (exact) mass is 254 g/mol. The van der Waals surface area contributed by atoms with Gasteiger partial charge < -0.3 is 10.8 Å². The number of rotatable bonds is 2. The lowest BCUT2D eigenvalue weighted by molar-refractivity contribution is 0.305. The molecule has 1 heterocycles. The highest BCUT2D eigenvalue weighted by Gasteiger charge is 2.31. The molecule has 2 rings (SSSR count). The number of likely N-dealkylation sites (tertiary alicyclic amines) is 1. The summed E-state index contributed by atoms with van der Waals surface area (Å²) in [6, 6.07) is 3.88. The zero-order chi connectivity index (χ0) is 12.6. The summed E-state index contributed by atoms with van der Waals surface area (Å²) in [6.45, 7) is 3.55. The fourth-order valence-electron chi connectivity index (χ4n) is 2.66. The molecule has 3 nitrogen and oxygen atoms in total. The van der Waals surface area contributed by atoms with Crippen molar-refractivity contribution < 1.29 is 5.11 Å². The molecule has 0 bridgehead atoms. The SMILES string of the molecule is Cc1cc(Cl)cc(C2CC(CN)CN2C)c1O. The highest BCUT2D eigenvalue weighted by atomic mass is 35.5.